The van der Waals surface area contributed by atoms with Gasteiger partial charge in [0.1, 0.15) is 0 Å². The van der Waals surface area contributed by atoms with E-state index < -0.39 is 10.8 Å². The highest BCUT2D eigenvalue weighted by Gasteiger charge is 2.18. The van der Waals surface area contributed by atoms with Crippen molar-refractivity contribution in [3.05, 3.63) is 29.8 Å². The van der Waals surface area contributed by atoms with Crippen molar-refractivity contribution < 1.29 is 8.95 Å². The molecule has 1 aromatic carbocycles. The lowest BCUT2D eigenvalue weighted by atomic mass is 10.1. The number of rotatable bonds is 3. The molecule has 1 fully saturated rings. The molecule has 1 aromatic rings. The van der Waals surface area contributed by atoms with Crippen molar-refractivity contribution in [2.24, 2.45) is 10.7 Å². The van der Waals surface area contributed by atoms with Gasteiger partial charge in [0.25, 0.3) is 0 Å². The van der Waals surface area contributed by atoms with Crippen molar-refractivity contribution in [3.8, 4) is 0 Å². The van der Waals surface area contributed by atoms with Gasteiger partial charge in [0.2, 0.25) is 0 Å². The fourth-order valence-corrected chi connectivity index (χ4v) is 2.84. The second-order valence-electron chi connectivity index (χ2n) is 5.31. The fraction of sp³-hybridized carbons (Fsp3) is 0.533. The highest BCUT2D eigenvalue weighted by molar-refractivity contribution is 14.0. The largest absolute Gasteiger partial charge is 0.375 e. The third kappa shape index (κ3) is 5.20. The average Bonchev–Trinajstić information content (AvgIpc) is 2.47. The molecule has 5 nitrogen and oxygen atoms in total. The Hall–Kier alpha value is -0.670. The number of benzene rings is 1. The van der Waals surface area contributed by atoms with Crippen LogP contribution in [0.4, 0.5) is 0 Å². The van der Waals surface area contributed by atoms with Crippen LogP contribution in [-0.4, -0.2) is 47.1 Å². The Labute approximate surface area is 151 Å². The standard InChI is InChI=1S/C15H23N3O2S.HI/c1-11-10-18(8-9-20-11)15(16)17-12(2)13-4-6-14(7-5-13)21(3)19;/h4-7,11-12H,8-10H2,1-3H3,(H2,16,17);1H. The summed E-state index contributed by atoms with van der Waals surface area (Å²) in [4.78, 5) is 7.45. The molecule has 22 heavy (non-hydrogen) atoms. The maximum Gasteiger partial charge on any atom is 0.192 e. The Kier molecular flexibility index (Phi) is 7.78. The molecule has 3 unspecified atom stereocenters. The van der Waals surface area contributed by atoms with Crippen molar-refractivity contribution in [1.82, 2.24) is 4.90 Å². The first-order valence-corrected chi connectivity index (χ1v) is 8.66. The number of hydrogen-bond donors (Lipinski definition) is 1. The number of guanidine groups is 1. The molecule has 1 aliphatic heterocycles. The van der Waals surface area contributed by atoms with Crippen LogP contribution in [0.2, 0.25) is 0 Å². The van der Waals surface area contributed by atoms with Crippen molar-refractivity contribution >= 4 is 40.7 Å². The first kappa shape index (κ1) is 19.4. The third-order valence-corrected chi connectivity index (χ3v) is 4.52. The molecule has 0 radical (unpaired) electrons. The van der Waals surface area contributed by atoms with Gasteiger partial charge in [-0.25, -0.2) is 4.99 Å². The Bertz CT molecular complexity index is 536. The monoisotopic (exact) mass is 437 g/mol. The van der Waals surface area contributed by atoms with E-state index in [0.717, 1.165) is 23.5 Å². The molecular formula is C15H24IN3O2S. The maximum absolute atomic E-state index is 11.4. The molecule has 2 rings (SSSR count). The van der Waals surface area contributed by atoms with E-state index in [4.69, 9.17) is 10.5 Å². The van der Waals surface area contributed by atoms with E-state index >= 15 is 0 Å². The number of ether oxygens (including phenoxy) is 1. The molecule has 124 valence electrons. The highest BCUT2D eigenvalue weighted by atomic mass is 127. The van der Waals surface area contributed by atoms with Gasteiger partial charge in [0, 0.05) is 35.0 Å². The summed E-state index contributed by atoms with van der Waals surface area (Å²) in [5.74, 6) is 0.556. The summed E-state index contributed by atoms with van der Waals surface area (Å²) >= 11 is 0. The molecule has 0 amide bonds. The van der Waals surface area contributed by atoms with E-state index in [1.54, 1.807) is 6.26 Å². The van der Waals surface area contributed by atoms with Crippen LogP contribution in [0.25, 0.3) is 0 Å². The summed E-state index contributed by atoms with van der Waals surface area (Å²) in [6.45, 7) is 6.28. The second kappa shape index (κ2) is 8.83. The van der Waals surface area contributed by atoms with E-state index in [-0.39, 0.29) is 36.1 Å². The average molecular weight is 437 g/mol. The summed E-state index contributed by atoms with van der Waals surface area (Å²) in [5.41, 5.74) is 7.16. The molecule has 1 heterocycles. The minimum atomic E-state index is -0.952. The number of nitrogens with two attached hydrogens (primary N) is 1. The number of hydrogen-bond acceptors (Lipinski definition) is 3. The lowest BCUT2D eigenvalue weighted by molar-refractivity contribution is 0.00523. The number of halogens is 1. The van der Waals surface area contributed by atoms with Gasteiger partial charge < -0.3 is 15.4 Å². The molecular weight excluding hydrogens is 413 g/mol. The van der Waals surface area contributed by atoms with Gasteiger partial charge in [-0.15, -0.1) is 24.0 Å². The van der Waals surface area contributed by atoms with Crippen molar-refractivity contribution in [2.75, 3.05) is 26.0 Å². The molecule has 7 heteroatoms. The lowest BCUT2D eigenvalue weighted by Gasteiger charge is -2.32. The van der Waals surface area contributed by atoms with E-state index in [1.165, 1.54) is 0 Å². The van der Waals surface area contributed by atoms with Gasteiger partial charge in [-0.3, -0.25) is 4.21 Å². The predicted molar refractivity (Wildman–Crippen MR) is 101 cm³/mol. The number of aliphatic imine (C=N–C) groups is 1. The van der Waals surface area contributed by atoms with Crippen LogP contribution < -0.4 is 5.73 Å². The molecule has 2 N–H and O–H groups in total. The molecule has 1 saturated heterocycles. The van der Waals surface area contributed by atoms with E-state index in [9.17, 15) is 4.21 Å². The van der Waals surface area contributed by atoms with E-state index in [1.807, 2.05) is 38.1 Å². The quantitative estimate of drug-likeness (QED) is 0.447. The van der Waals surface area contributed by atoms with Crippen LogP contribution in [0.1, 0.15) is 25.5 Å². The van der Waals surface area contributed by atoms with Gasteiger partial charge in [0.05, 0.1) is 18.8 Å². The van der Waals surface area contributed by atoms with E-state index in [0.29, 0.717) is 12.6 Å². The van der Waals surface area contributed by atoms with Crippen molar-refractivity contribution in [3.63, 3.8) is 0 Å². The van der Waals surface area contributed by atoms with Crippen molar-refractivity contribution in [1.29, 1.82) is 0 Å². The molecule has 0 spiro atoms. The molecule has 0 aliphatic carbocycles. The number of nitrogens with zero attached hydrogens (tertiary/aromatic N) is 2. The summed E-state index contributed by atoms with van der Waals surface area (Å²) in [5, 5.41) is 0. The Morgan fingerprint density at radius 3 is 2.64 bits per heavy atom. The summed E-state index contributed by atoms with van der Waals surface area (Å²) in [6.07, 6.45) is 1.86. The van der Waals surface area contributed by atoms with Crippen LogP contribution in [0, 0.1) is 0 Å². The predicted octanol–water partition coefficient (Wildman–Crippen LogP) is 2.14. The lowest BCUT2D eigenvalue weighted by Crippen LogP contribution is -2.48. The fourth-order valence-electron chi connectivity index (χ4n) is 2.32. The Balaban J connectivity index is 0.00000242. The minimum absolute atomic E-state index is 0. The zero-order chi connectivity index (χ0) is 15.4. The third-order valence-electron chi connectivity index (χ3n) is 3.59. The zero-order valence-corrected chi connectivity index (χ0v) is 16.3. The smallest absolute Gasteiger partial charge is 0.192 e. The highest BCUT2D eigenvalue weighted by Crippen LogP contribution is 2.19. The maximum atomic E-state index is 11.4. The summed E-state index contributed by atoms with van der Waals surface area (Å²) in [6, 6.07) is 7.65. The topological polar surface area (TPSA) is 67.9 Å². The Morgan fingerprint density at radius 1 is 1.45 bits per heavy atom. The van der Waals surface area contributed by atoms with Crippen LogP contribution in [-0.2, 0) is 15.5 Å². The van der Waals surface area contributed by atoms with Gasteiger partial charge in [0.15, 0.2) is 5.96 Å². The van der Waals surface area contributed by atoms with Gasteiger partial charge in [-0.1, -0.05) is 12.1 Å². The van der Waals surface area contributed by atoms with Crippen LogP contribution in [0.3, 0.4) is 0 Å². The summed E-state index contributed by atoms with van der Waals surface area (Å²) in [7, 11) is -0.952. The molecule has 1 aliphatic rings. The molecule has 0 aromatic heterocycles. The zero-order valence-electron chi connectivity index (χ0n) is 13.2. The normalized spacial score (nSPS) is 21.9. The second-order valence-corrected chi connectivity index (χ2v) is 6.69. The van der Waals surface area contributed by atoms with E-state index in [2.05, 4.69) is 9.89 Å². The van der Waals surface area contributed by atoms with Crippen LogP contribution >= 0.6 is 24.0 Å². The van der Waals surface area contributed by atoms with Crippen LogP contribution in [0.15, 0.2) is 34.2 Å². The SMILES string of the molecule is CC1CN(C(N)=NC(C)c2ccc(S(C)=O)cc2)CCO1.I. The first-order valence-electron chi connectivity index (χ1n) is 7.10. The Morgan fingerprint density at radius 2 is 2.09 bits per heavy atom. The molecule has 0 saturated carbocycles. The van der Waals surface area contributed by atoms with Crippen molar-refractivity contribution in [2.45, 2.75) is 30.9 Å². The number of morpholine rings is 1. The van der Waals surface area contributed by atoms with Gasteiger partial charge in [-0.2, -0.15) is 0 Å². The first-order chi connectivity index (χ1) is 9.97. The van der Waals surface area contributed by atoms with Crippen LogP contribution in [0.5, 0.6) is 0 Å². The molecule has 0 bridgehead atoms. The van der Waals surface area contributed by atoms with Gasteiger partial charge in [-0.05, 0) is 31.5 Å². The minimum Gasteiger partial charge on any atom is -0.375 e. The molecule has 3 atom stereocenters. The summed E-state index contributed by atoms with van der Waals surface area (Å²) < 4.78 is 16.9. The van der Waals surface area contributed by atoms with Gasteiger partial charge >= 0.3 is 0 Å².